The highest BCUT2D eigenvalue weighted by Gasteiger charge is 2.14. The number of hydrogen-bond acceptors (Lipinski definition) is 4. The van der Waals surface area contributed by atoms with Crippen LogP contribution in [0.15, 0.2) is 0 Å². The Morgan fingerprint density at radius 1 is 1.10 bits per heavy atom. The van der Waals surface area contributed by atoms with Gasteiger partial charge in [0.2, 0.25) is 5.91 Å². The SMILES string of the molecule is CCOC(=O)CCN(CCCCN1CCCC1)C(=O)CC. The highest BCUT2D eigenvalue weighted by Crippen LogP contribution is 2.09. The molecule has 1 aliphatic heterocycles. The molecule has 0 N–H and O–H groups in total. The smallest absolute Gasteiger partial charge is 0.307 e. The second-order valence-electron chi connectivity index (χ2n) is 5.55. The van der Waals surface area contributed by atoms with E-state index in [1.54, 1.807) is 11.8 Å². The van der Waals surface area contributed by atoms with Gasteiger partial charge in [-0.05, 0) is 52.2 Å². The van der Waals surface area contributed by atoms with Crippen molar-refractivity contribution in [1.29, 1.82) is 0 Å². The lowest BCUT2D eigenvalue weighted by molar-refractivity contribution is -0.144. The lowest BCUT2D eigenvalue weighted by Crippen LogP contribution is -2.34. The maximum Gasteiger partial charge on any atom is 0.307 e. The zero-order valence-corrected chi connectivity index (χ0v) is 13.6. The van der Waals surface area contributed by atoms with Gasteiger partial charge in [-0.2, -0.15) is 0 Å². The molecule has 1 fully saturated rings. The van der Waals surface area contributed by atoms with Gasteiger partial charge in [-0.3, -0.25) is 9.59 Å². The van der Waals surface area contributed by atoms with Crippen molar-refractivity contribution in [3.8, 4) is 0 Å². The van der Waals surface area contributed by atoms with Crippen LogP contribution in [0.5, 0.6) is 0 Å². The largest absolute Gasteiger partial charge is 0.466 e. The number of likely N-dealkylation sites (tertiary alicyclic amines) is 1. The molecular formula is C16H30N2O3. The first-order chi connectivity index (χ1) is 10.2. The van der Waals surface area contributed by atoms with Gasteiger partial charge in [0.25, 0.3) is 0 Å². The number of carbonyl (C=O) groups is 2. The Morgan fingerprint density at radius 2 is 1.81 bits per heavy atom. The van der Waals surface area contributed by atoms with Crippen molar-refractivity contribution >= 4 is 11.9 Å². The molecule has 0 saturated carbocycles. The third-order valence-corrected chi connectivity index (χ3v) is 3.90. The van der Waals surface area contributed by atoms with Crippen molar-refractivity contribution in [1.82, 2.24) is 9.80 Å². The van der Waals surface area contributed by atoms with Gasteiger partial charge < -0.3 is 14.5 Å². The molecule has 1 saturated heterocycles. The Bertz CT molecular complexity index is 315. The standard InChI is InChI=1S/C16H30N2O3/c1-3-15(19)18(14-9-16(20)21-4-2)13-8-7-12-17-10-5-6-11-17/h3-14H2,1-2H3. The fraction of sp³-hybridized carbons (Fsp3) is 0.875. The molecule has 0 spiro atoms. The van der Waals surface area contributed by atoms with Crippen molar-refractivity contribution in [2.45, 2.75) is 52.4 Å². The number of ether oxygens (including phenoxy) is 1. The van der Waals surface area contributed by atoms with Crippen LogP contribution in [0.2, 0.25) is 0 Å². The van der Waals surface area contributed by atoms with E-state index in [9.17, 15) is 9.59 Å². The quantitative estimate of drug-likeness (QED) is 0.457. The molecule has 0 radical (unpaired) electrons. The molecule has 122 valence electrons. The lowest BCUT2D eigenvalue weighted by Gasteiger charge is -2.22. The van der Waals surface area contributed by atoms with Crippen LogP contribution in [0.4, 0.5) is 0 Å². The van der Waals surface area contributed by atoms with Gasteiger partial charge in [0.1, 0.15) is 0 Å². The summed E-state index contributed by atoms with van der Waals surface area (Å²) in [4.78, 5) is 27.6. The van der Waals surface area contributed by atoms with Gasteiger partial charge in [-0.1, -0.05) is 6.92 Å². The molecule has 0 unspecified atom stereocenters. The van der Waals surface area contributed by atoms with Crippen LogP contribution < -0.4 is 0 Å². The second kappa shape index (κ2) is 10.6. The molecule has 0 bridgehead atoms. The summed E-state index contributed by atoms with van der Waals surface area (Å²) in [6.07, 6.45) is 5.55. The molecule has 1 heterocycles. The number of rotatable bonds is 10. The van der Waals surface area contributed by atoms with Crippen molar-refractivity contribution in [2.24, 2.45) is 0 Å². The minimum absolute atomic E-state index is 0.125. The molecule has 0 aromatic rings. The topological polar surface area (TPSA) is 49.9 Å². The Labute approximate surface area is 128 Å². The Morgan fingerprint density at radius 3 is 2.43 bits per heavy atom. The van der Waals surface area contributed by atoms with Crippen molar-refractivity contribution in [3.05, 3.63) is 0 Å². The zero-order chi connectivity index (χ0) is 15.5. The van der Waals surface area contributed by atoms with Gasteiger partial charge in [0.05, 0.1) is 13.0 Å². The Kier molecular flexibility index (Phi) is 9.06. The summed E-state index contributed by atoms with van der Waals surface area (Å²) < 4.78 is 4.92. The van der Waals surface area contributed by atoms with Crippen LogP contribution >= 0.6 is 0 Å². The summed E-state index contributed by atoms with van der Waals surface area (Å²) in [7, 11) is 0. The lowest BCUT2D eigenvalue weighted by atomic mass is 10.2. The molecule has 0 atom stereocenters. The van der Waals surface area contributed by atoms with Gasteiger partial charge in [0.15, 0.2) is 0 Å². The molecule has 1 rings (SSSR count). The van der Waals surface area contributed by atoms with Crippen LogP contribution in [0.1, 0.15) is 52.4 Å². The molecule has 0 aliphatic carbocycles. The second-order valence-corrected chi connectivity index (χ2v) is 5.55. The monoisotopic (exact) mass is 298 g/mol. The number of unbranched alkanes of at least 4 members (excludes halogenated alkanes) is 1. The van der Waals surface area contributed by atoms with E-state index in [0.29, 0.717) is 26.0 Å². The molecule has 0 aromatic carbocycles. The van der Waals surface area contributed by atoms with Crippen LogP contribution in [0, 0.1) is 0 Å². The Hall–Kier alpha value is -1.10. The highest BCUT2D eigenvalue weighted by molar-refractivity contribution is 5.77. The number of hydrogen-bond donors (Lipinski definition) is 0. The number of nitrogens with zero attached hydrogens (tertiary/aromatic N) is 2. The first-order valence-electron chi connectivity index (χ1n) is 8.33. The fourth-order valence-corrected chi connectivity index (χ4v) is 2.69. The summed E-state index contributed by atoms with van der Waals surface area (Å²) in [6, 6.07) is 0. The molecule has 1 aliphatic rings. The van der Waals surface area contributed by atoms with Crippen LogP contribution in [-0.4, -0.2) is 61.0 Å². The third-order valence-electron chi connectivity index (χ3n) is 3.90. The predicted octanol–water partition coefficient (Wildman–Crippen LogP) is 2.05. The van der Waals surface area contributed by atoms with Gasteiger partial charge in [-0.15, -0.1) is 0 Å². The minimum Gasteiger partial charge on any atom is -0.466 e. The van der Waals surface area contributed by atoms with E-state index in [4.69, 9.17) is 4.74 Å². The molecule has 1 amide bonds. The van der Waals surface area contributed by atoms with Gasteiger partial charge in [0, 0.05) is 19.5 Å². The third kappa shape index (κ3) is 7.46. The van der Waals surface area contributed by atoms with E-state index >= 15 is 0 Å². The van der Waals surface area contributed by atoms with E-state index < -0.39 is 0 Å². The first kappa shape index (κ1) is 18.0. The molecular weight excluding hydrogens is 268 g/mol. The van der Waals surface area contributed by atoms with E-state index in [2.05, 4.69) is 4.90 Å². The Balaban J connectivity index is 2.22. The van der Waals surface area contributed by atoms with Crippen molar-refractivity contribution in [2.75, 3.05) is 39.3 Å². The summed E-state index contributed by atoms with van der Waals surface area (Å²) in [5.74, 6) is -0.0936. The minimum atomic E-state index is -0.219. The highest BCUT2D eigenvalue weighted by atomic mass is 16.5. The maximum atomic E-state index is 11.9. The summed E-state index contributed by atoms with van der Waals surface area (Å²) in [6.45, 7) is 8.87. The van der Waals surface area contributed by atoms with E-state index in [0.717, 1.165) is 25.9 Å². The first-order valence-corrected chi connectivity index (χ1v) is 8.33. The normalized spacial score (nSPS) is 15.1. The van der Waals surface area contributed by atoms with Crippen LogP contribution in [0.25, 0.3) is 0 Å². The van der Waals surface area contributed by atoms with E-state index in [1.165, 1.54) is 25.9 Å². The van der Waals surface area contributed by atoms with Crippen molar-refractivity contribution in [3.63, 3.8) is 0 Å². The van der Waals surface area contributed by atoms with E-state index in [-0.39, 0.29) is 11.9 Å². The summed E-state index contributed by atoms with van der Waals surface area (Å²) in [5, 5.41) is 0. The molecule has 5 heteroatoms. The molecule has 21 heavy (non-hydrogen) atoms. The summed E-state index contributed by atoms with van der Waals surface area (Å²) >= 11 is 0. The van der Waals surface area contributed by atoms with Crippen molar-refractivity contribution < 1.29 is 14.3 Å². The summed E-state index contributed by atoms with van der Waals surface area (Å²) in [5.41, 5.74) is 0. The van der Waals surface area contributed by atoms with Gasteiger partial charge >= 0.3 is 5.97 Å². The average Bonchev–Trinajstić information content (AvgIpc) is 2.99. The van der Waals surface area contributed by atoms with Crippen LogP contribution in [0.3, 0.4) is 0 Å². The molecule has 0 aromatic heterocycles. The van der Waals surface area contributed by atoms with Gasteiger partial charge in [-0.25, -0.2) is 0 Å². The number of esters is 1. The fourth-order valence-electron chi connectivity index (χ4n) is 2.69. The van der Waals surface area contributed by atoms with E-state index in [1.807, 2.05) is 6.92 Å². The number of amides is 1. The average molecular weight is 298 g/mol. The predicted molar refractivity (Wildman–Crippen MR) is 83.0 cm³/mol. The number of carbonyl (C=O) groups excluding carboxylic acids is 2. The zero-order valence-electron chi connectivity index (χ0n) is 13.6. The maximum absolute atomic E-state index is 11.9. The van der Waals surface area contributed by atoms with Crippen LogP contribution in [-0.2, 0) is 14.3 Å². The molecule has 5 nitrogen and oxygen atoms in total.